The van der Waals surface area contributed by atoms with Crippen LogP contribution in [0.2, 0.25) is 0 Å². The lowest BCUT2D eigenvalue weighted by molar-refractivity contribution is 0.0912. The van der Waals surface area contributed by atoms with Crippen LogP contribution in [-0.4, -0.2) is 68.5 Å². The van der Waals surface area contributed by atoms with E-state index in [-0.39, 0.29) is 18.0 Å². The Kier molecular flexibility index (Phi) is 5.31. The summed E-state index contributed by atoms with van der Waals surface area (Å²) in [6.45, 7) is 3.15. The molecule has 2 aromatic rings. The van der Waals surface area contributed by atoms with Crippen molar-refractivity contribution in [1.29, 1.82) is 0 Å². The number of urea groups is 1. The molecule has 1 N–H and O–H groups in total. The average Bonchev–Trinajstić information content (AvgIpc) is 3.54. The largest absolute Gasteiger partial charge is 0.349 e. The molecule has 0 spiro atoms. The number of amides is 3. The fraction of sp³-hybridized carbons (Fsp3) is 0.636. The van der Waals surface area contributed by atoms with Crippen molar-refractivity contribution in [1.82, 2.24) is 29.7 Å². The van der Waals surface area contributed by atoms with E-state index in [2.05, 4.69) is 19.9 Å². The first-order chi connectivity index (χ1) is 14.7. The van der Waals surface area contributed by atoms with E-state index in [0.29, 0.717) is 24.7 Å². The van der Waals surface area contributed by atoms with Crippen molar-refractivity contribution < 1.29 is 9.59 Å². The van der Waals surface area contributed by atoms with E-state index >= 15 is 0 Å². The number of piperidine rings is 1. The highest BCUT2D eigenvalue weighted by Crippen LogP contribution is 2.31. The van der Waals surface area contributed by atoms with E-state index in [0.717, 1.165) is 49.9 Å². The third-order valence-corrected chi connectivity index (χ3v) is 6.87. The lowest BCUT2D eigenvalue weighted by atomic mass is 10.0. The third-order valence-electron chi connectivity index (χ3n) is 6.87. The van der Waals surface area contributed by atoms with Crippen molar-refractivity contribution >= 4 is 23.1 Å². The van der Waals surface area contributed by atoms with Gasteiger partial charge in [-0.2, -0.15) is 0 Å². The van der Waals surface area contributed by atoms with Crippen molar-refractivity contribution in [2.45, 2.75) is 63.5 Å². The lowest BCUT2D eigenvalue weighted by Gasteiger charge is -2.34. The standard InChI is InChI=1S/C22H30N6O2/c29-21(25-17-7-11-27(12-8-17)22(30)26-9-3-4-10-26)16-13-19-20(23-14-16)28(15-24-19)18-5-1-2-6-18/h13-15,17-18H,1-12H2,(H,25,29). The van der Waals surface area contributed by atoms with Gasteiger partial charge in [0, 0.05) is 44.5 Å². The predicted molar refractivity (Wildman–Crippen MR) is 113 cm³/mol. The summed E-state index contributed by atoms with van der Waals surface area (Å²) in [4.78, 5) is 38.2. The monoisotopic (exact) mass is 410 g/mol. The summed E-state index contributed by atoms with van der Waals surface area (Å²) in [5, 5.41) is 3.13. The van der Waals surface area contributed by atoms with Crippen LogP contribution in [0.1, 0.15) is 67.8 Å². The fourth-order valence-electron chi connectivity index (χ4n) is 5.09. The maximum Gasteiger partial charge on any atom is 0.319 e. The van der Waals surface area contributed by atoms with Crippen LogP contribution in [-0.2, 0) is 0 Å². The molecule has 8 heteroatoms. The molecule has 2 saturated heterocycles. The van der Waals surface area contributed by atoms with Crippen LogP contribution < -0.4 is 5.32 Å². The summed E-state index contributed by atoms with van der Waals surface area (Å²) in [6, 6.07) is 2.57. The van der Waals surface area contributed by atoms with Crippen LogP contribution in [0.5, 0.6) is 0 Å². The normalized spacial score (nSPS) is 20.9. The molecule has 160 valence electrons. The van der Waals surface area contributed by atoms with Gasteiger partial charge in [-0.05, 0) is 44.6 Å². The third kappa shape index (κ3) is 3.75. The average molecular weight is 411 g/mol. The number of nitrogens with zero attached hydrogens (tertiary/aromatic N) is 5. The van der Waals surface area contributed by atoms with Gasteiger partial charge in [0.25, 0.3) is 5.91 Å². The molecule has 1 aliphatic carbocycles. The Morgan fingerprint density at radius 3 is 2.33 bits per heavy atom. The zero-order chi connectivity index (χ0) is 20.5. The van der Waals surface area contributed by atoms with E-state index in [1.54, 1.807) is 6.20 Å². The number of hydrogen-bond acceptors (Lipinski definition) is 4. The molecule has 0 bridgehead atoms. The molecule has 2 aromatic heterocycles. The van der Waals surface area contributed by atoms with Crippen LogP contribution in [0.25, 0.3) is 11.2 Å². The molecular weight excluding hydrogens is 380 g/mol. The SMILES string of the molecule is O=C(NC1CCN(C(=O)N2CCCC2)CC1)c1cnc2c(c1)ncn2C1CCCC1. The minimum atomic E-state index is -0.107. The number of hydrogen-bond donors (Lipinski definition) is 1. The van der Waals surface area contributed by atoms with Gasteiger partial charge >= 0.3 is 6.03 Å². The fourth-order valence-corrected chi connectivity index (χ4v) is 5.09. The first-order valence-corrected chi connectivity index (χ1v) is 11.4. The zero-order valence-electron chi connectivity index (χ0n) is 17.4. The molecule has 2 aliphatic heterocycles. The van der Waals surface area contributed by atoms with Crippen molar-refractivity contribution in [3.63, 3.8) is 0 Å². The number of carbonyl (C=O) groups excluding carboxylic acids is 2. The molecule has 0 unspecified atom stereocenters. The quantitative estimate of drug-likeness (QED) is 0.843. The van der Waals surface area contributed by atoms with Crippen LogP contribution in [0, 0.1) is 0 Å². The van der Waals surface area contributed by atoms with Crippen LogP contribution >= 0.6 is 0 Å². The number of nitrogens with one attached hydrogen (secondary N) is 1. The van der Waals surface area contributed by atoms with Crippen molar-refractivity contribution in [3.05, 3.63) is 24.2 Å². The summed E-state index contributed by atoms with van der Waals surface area (Å²) < 4.78 is 2.16. The number of imidazole rings is 1. The first kappa shape index (κ1) is 19.3. The summed E-state index contributed by atoms with van der Waals surface area (Å²) in [7, 11) is 0. The topological polar surface area (TPSA) is 83.4 Å². The summed E-state index contributed by atoms with van der Waals surface area (Å²) in [5.74, 6) is -0.107. The number of fused-ring (bicyclic) bond motifs is 1. The molecule has 3 fully saturated rings. The Hall–Kier alpha value is -2.64. The zero-order valence-corrected chi connectivity index (χ0v) is 17.4. The van der Waals surface area contributed by atoms with Gasteiger partial charge in [-0.3, -0.25) is 4.79 Å². The number of pyridine rings is 1. The Morgan fingerprint density at radius 1 is 0.900 bits per heavy atom. The highest BCUT2D eigenvalue weighted by molar-refractivity contribution is 5.96. The van der Waals surface area contributed by atoms with Gasteiger partial charge in [0.15, 0.2) is 5.65 Å². The van der Waals surface area contributed by atoms with Crippen molar-refractivity contribution in [2.24, 2.45) is 0 Å². The summed E-state index contributed by atoms with van der Waals surface area (Å²) in [6.07, 6.45) is 12.2. The predicted octanol–water partition coefficient (Wildman–Crippen LogP) is 2.96. The van der Waals surface area contributed by atoms with E-state index in [9.17, 15) is 9.59 Å². The summed E-state index contributed by atoms with van der Waals surface area (Å²) >= 11 is 0. The van der Waals surface area contributed by atoms with E-state index in [1.807, 2.05) is 22.2 Å². The molecule has 5 rings (SSSR count). The molecule has 0 radical (unpaired) electrons. The van der Waals surface area contributed by atoms with E-state index < -0.39 is 0 Å². The molecule has 8 nitrogen and oxygen atoms in total. The Balaban J connectivity index is 1.18. The van der Waals surface area contributed by atoms with Crippen LogP contribution in [0.3, 0.4) is 0 Å². The molecule has 0 aromatic carbocycles. The first-order valence-electron chi connectivity index (χ1n) is 11.4. The second kappa shape index (κ2) is 8.24. The Labute approximate surface area is 176 Å². The van der Waals surface area contributed by atoms with Gasteiger partial charge in [-0.15, -0.1) is 0 Å². The number of likely N-dealkylation sites (tertiary alicyclic amines) is 2. The molecule has 3 amide bonds. The molecular formula is C22H30N6O2. The Bertz CT molecular complexity index is 921. The minimum Gasteiger partial charge on any atom is -0.349 e. The smallest absolute Gasteiger partial charge is 0.319 e. The molecule has 30 heavy (non-hydrogen) atoms. The maximum absolute atomic E-state index is 12.8. The number of rotatable bonds is 3. The van der Waals surface area contributed by atoms with Gasteiger partial charge < -0.3 is 19.7 Å². The Morgan fingerprint density at radius 2 is 1.60 bits per heavy atom. The maximum atomic E-state index is 12.8. The van der Waals surface area contributed by atoms with Gasteiger partial charge in [0.2, 0.25) is 0 Å². The highest BCUT2D eigenvalue weighted by atomic mass is 16.2. The van der Waals surface area contributed by atoms with Crippen LogP contribution in [0.15, 0.2) is 18.6 Å². The van der Waals surface area contributed by atoms with E-state index in [1.165, 1.54) is 25.7 Å². The van der Waals surface area contributed by atoms with Crippen LogP contribution in [0.4, 0.5) is 4.79 Å². The molecule has 0 atom stereocenters. The van der Waals surface area contributed by atoms with Gasteiger partial charge in [0.05, 0.1) is 11.9 Å². The number of aromatic nitrogens is 3. The lowest BCUT2D eigenvalue weighted by Crippen LogP contribution is -2.50. The van der Waals surface area contributed by atoms with Crippen molar-refractivity contribution in [2.75, 3.05) is 26.2 Å². The molecule has 3 aliphatic rings. The molecule has 1 saturated carbocycles. The second-order valence-electron chi connectivity index (χ2n) is 8.87. The minimum absolute atomic E-state index is 0.0897. The van der Waals surface area contributed by atoms with Gasteiger partial charge in [-0.1, -0.05) is 12.8 Å². The van der Waals surface area contributed by atoms with Gasteiger partial charge in [-0.25, -0.2) is 14.8 Å². The number of carbonyl (C=O) groups is 2. The van der Waals surface area contributed by atoms with E-state index in [4.69, 9.17) is 0 Å². The highest BCUT2D eigenvalue weighted by Gasteiger charge is 2.28. The van der Waals surface area contributed by atoms with Crippen molar-refractivity contribution in [3.8, 4) is 0 Å². The second-order valence-corrected chi connectivity index (χ2v) is 8.87. The molecule has 4 heterocycles. The summed E-state index contributed by atoms with van der Waals surface area (Å²) in [5.41, 5.74) is 2.20. The van der Waals surface area contributed by atoms with Gasteiger partial charge in [0.1, 0.15) is 5.52 Å².